The Morgan fingerprint density at radius 1 is 0.815 bits per heavy atom. The van der Waals surface area contributed by atoms with Gasteiger partial charge in [0, 0.05) is 22.6 Å². The van der Waals surface area contributed by atoms with E-state index >= 15 is 0 Å². The van der Waals surface area contributed by atoms with Crippen molar-refractivity contribution in [3.8, 4) is 40.0 Å². The molecule has 0 aliphatic carbocycles. The molecule has 4 aromatic rings. The normalized spacial score (nSPS) is 10.6. The van der Waals surface area contributed by atoms with Gasteiger partial charge in [-0.1, -0.05) is 30.3 Å². The van der Waals surface area contributed by atoms with Crippen molar-refractivity contribution < 1.29 is 13.9 Å². The lowest BCUT2D eigenvalue weighted by molar-refractivity contribution is 0.414. The number of hydrogen-bond donors (Lipinski definition) is 0. The number of nitrogens with zero attached hydrogens (tertiary/aromatic N) is 1. The fourth-order valence-corrected chi connectivity index (χ4v) is 3.21. The molecule has 0 amide bonds. The summed E-state index contributed by atoms with van der Waals surface area (Å²) in [6.45, 7) is 0. The van der Waals surface area contributed by atoms with Crippen LogP contribution in [-0.4, -0.2) is 14.2 Å². The van der Waals surface area contributed by atoms with Crippen molar-refractivity contribution in [1.82, 2.24) is 0 Å². The van der Waals surface area contributed by atoms with Gasteiger partial charge in [0.15, 0.2) is 5.58 Å². The monoisotopic (exact) mass is 355 g/mol. The summed E-state index contributed by atoms with van der Waals surface area (Å²) in [6.07, 6.45) is 0. The molecular weight excluding hydrogens is 338 g/mol. The smallest absolute Gasteiger partial charge is 0.153 e. The molecule has 27 heavy (non-hydrogen) atoms. The molecule has 0 saturated carbocycles. The van der Waals surface area contributed by atoms with Crippen molar-refractivity contribution in [2.45, 2.75) is 0 Å². The molecule has 4 heteroatoms. The van der Waals surface area contributed by atoms with Crippen LogP contribution in [0.3, 0.4) is 0 Å². The highest BCUT2D eigenvalue weighted by Crippen LogP contribution is 2.43. The number of nitriles is 1. The van der Waals surface area contributed by atoms with Crippen LogP contribution in [0.4, 0.5) is 0 Å². The van der Waals surface area contributed by atoms with Crippen molar-refractivity contribution >= 4 is 11.0 Å². The van der Waals surface area contributed by atoms with Crippen molar-refractivity contribution in [1.29, 1.82) is 5.26 Å². The largest absolute Gasteiger partial charge is 0.497 e. The van der Waals surface area contributed by atoms with Crippen molar-refractivity contribution in [2.24, 2.45) is 0 Å². The molecule has 0 saturated heterocycles. The molecule has 0 N–H and O–H groups in total. The van der Waals surface area contributed by atoms with Gasteiger partial charge in [0.05, 0.1) is 19.8 Å². The second-order valence-corrected chi connectivity index (χ2v) is 6.06. The van der Waals surface area contributed by atoms with Gasteiger partial charge in [0.2, 0.25) is 0 Å². The van der Waals surface area contributed by atoms with E-state index in [4.69, 9.17) is 13.9 Å². The first-order valence-electron chi connectivity index (χ1n) is 8.49. The maximum Gasteiger partial charge on any atom is 0.153 e. The Morgan fingerprint density at radius 3 is 2.15 bits per heavy atom. The number of hydrogen-bond acceptors (Lipinski definition) is 4. The van der Waals surface area contributed by atoms with E-state index in [1.54, 1.807) is 20.3 Å². The highest BCUT2D eigenvalue weighted by Gasteiger charge is 2.21. The SMILES string of the molecule is COc1ccc(-c2oc3c(C#N)cc(OC)cc3c2-c2ccccc2)cc1. The molecular formula is C23H17NO3. The van der Waals surface area contributed by atoms with E-state index in [0.29, 0.717) is 22.7 Å². The minimum atomic E-state index is 0.446. The predicted octanol–water partition coefficient (Wildman–Crippen LogP) is 5.66. The molecule has 0 atom stereocenters. The highest BCUT2D eigenvalue weighted by atomic mass is 16.5. The molecule has 0 spiro atoms. The Balaban J connectivity index is 2.06. The van der Waals surface area contributed by atoms with E-state index < -0.39 is 0 Å². The Labute approximate surface area is 157 Å². The summed E-state index contributed by atoms with van der Waals surface area (Å²) in [7, 11) is 3.23. The van der Waals surface area contributed by atoms with E-state index in [-0.39, 0.29) is 0 Å². The van der Waals surface area contributed by atoms with Gasteiger partial charge in [-0.25, -0.2) is 0 Å². The average Bonchev–Trinajstić information content (AvgIpc) is 3.13. The third-order valence-corrected chi connectivity index (χ3v) is 4.53. The first-order valence-corrected chi connectivity index (χ1v) is 8.49. The minimum Gasteiger partial charge on any atom is -0.497 e. The second kappa shape index (κ2) is 6.89. The molecule has 0 unspecified atom stereocenters. The molecule has 132 valence electrons. The predicted molar refractivity (Wildman–Crippen MR) is 105 cm³/mol. The molecule has 0 bridgehead atoms. The maximum atomic E-state index is 9.58. The van der Waals surface area contributed by atoms with Gasteiger partial charge in [-0.05, 0) is 35.9 Å². The fourth-order valence-electron chi connectivity index (χ4n) is 3.21. The quantitative estimate of drug-likeness (QED) is 0.474. The zero-order chi connectivity index (χ0) is 18.8. The lowest BCUT2D eigenvalue weighted by Crippen LogP contribution is -1.86. The lowest BCUT2D eigenvalue weighted by atomic mass is 9.97. The van der Waals surface area contributed by atoms with Crippen LogP contribution in [-0.2, 0) is 0 Å². The first-order chi connectivity index (χ1) is 13.2. The van der Waals surface area contributed by atoms with Crippen LogP contribution >= 0.6 is 0 Å². The van der Waals surface area contributed by atoms with Crippen LogP contribution in [0.2, 0.25) is 0 Å². The highest BCUT2D eigenvalue weighted by molar-refractivity contribution is 6.04. The summed E-state index contributed by atoms with van der Waals surface area (Å²) >= 11 is 0. The van der Waals surface area contributed by atoms with E-state index in [2.05, 4.69) is 6.07 Å². The van der Waals surface area contributed by atoms with E-state index in [1.165, 1.54) is 0 Å². The van der Waals surface area contributed by atoms with Crippen LogP contribution in [0.25, 0.3) is 33.4 Å². The third kappa shape index (κ3) is 2.90. The van der Waals surface area contributed by atoms with Gasteiger partial charge < -0.3 is 13.9 Å². The van der Waals surface area contributed by atoms with E-state index in [1.807, 2.05) is 60.7 Å². The number of benzene rings is 3. The second-order valence-electron chi connectivity index (χ2n) is 6.06. The topological polar surface area (TPSA) is 55.4 Å². The number of methoxy groups -OCH3 is 2. The Kier molecular flexibility index (Phi) is 4.27. The number of fused-ring (bicyclic) bond motifs is 1. The Hall–Kier alpha value is -3.71. The summed E-state index contributed by atoms with van der Waals surface area (Å²) in [5.41, 5.74) is 3.86. The number of furan rings is 1. The standard InChI is InChI=1S/C23H17NO3/c1-25-18-10-8-16(9-11-18)23-21(15-6-4-3-5-7-15)20-13-19(26-2)12-17(14-24)22(20)27-23/h3-13H,1-2H3. The zero-order valence-electron chi connectivity index (χ0n) is 15.0. The van der Waals surface area contributed by atoms with Crippen LogP contribution in [0.15, 0.2) is 71.1 Å². The average molecular weight is 355 g/mol. The van der Waals surface area contributed by atoms with Crippen LogP contribution in [0.1, 0.15) is 5.56 Å². The summed E-state index contributed by atoms with van der Waals surface area (Å²) in [5.74, 6) is 2.11. The van der Waals surface area contributed by atoms with Crippen LogP contribution < -0.4 is 9.47 Å². The van der Waals surface area contributed by atoms with Gasteiger partial charge in [0.25, 0.3) is 0 Å². The van der Waals surface area contributed by atoms with Gasteiger partial charge in [-0.2, -0.15) is 5.26 Å². The fraction of sp³-hybridized carbons (Fsp3) is 0.0870. The van der Waals surface area contributed by atoms with Crippen molar-refractivity contribution in [3.05, 3.63) is 72.3 Å². The van der Waals surface area contributed by atoms with E-state index in [0.717, 1.165) is 27.8 Å². The van der Waals surface area contributed by atoms with Gasteiger partial charge in [-0.15, -0.1) is 0 Å². The van der Waals surface area contributed by atoms with E-state index in [9.17, 15) is 5.26 Å². The lowest BCUT2D eigenvalue weighted by Gasteiger charge is -2.06. The summed E-state index contributed by atoms with van der Waals surface area (Å²) in [4.78, 5) is 0. The summed E-state index contributed by atoms with van der Waals surface area (Å²) < 4.78 is 16.9. The van der Waals surface area contributed by atoms with Gasteiger partial charge in [-0.3, -0.25) is 0 Å². The molecule has 4 rings (SSSR count). The molecule has 0 aliphatic heterocycles. The first kappa shape index (κ1) is 16.7. The molecule has 1 aromatic heterocycles. The molecule has 4 nitrogen and oxygen atoms in total. The van der Waals surface area contributed by atoms with Crippen molar-refractivity contribution in [3.63, 3.8) is 0 Å². The molecule has 0 radical (unpaired) electrons. The molecule has 0 fully saturated rings. The number of ether oxygens (including phenoxy) is 2. The number of rotatable bonds is 4. The minimum absolute atomic E-state index is 0.446. The summed E-state index contributed by atoms with van der Waals surface area (Å²) in [5, 5.41) is 10.4. The molecule has 3 aromatic carbocycles. The third-order valence-electron chi connectivity index (χ3n) is 4.53. The maximum absolute atomic E-state index is 9.58. The summed E-state index contributed by atoms with van der Waals surface area (Å²) in [6, 6.07) is 23.5. The van der Waals surface area contributed by atoms with Crippen LogP contribution in [0, 0.1) is 11.3 Å². The van der Waals surface area contributed by atoms with Crippen molar-refractivity contribution in [2.75, 3.05) is 14.2 Å². The van der Waals surface area contributed by atoms with Gasteiger partial charge in [0.1, 0.15) is 23.3 Å². The molecule has 1 heterocycles. The zero-order valence-corrected chi connectivity index (χ0v) is 15.0. The Bertz CT molecular complexity index is 1140. The van der Waals surface area contributed by atoms with Gasteiger partial charge >= 0.3 is 0 Å². The Morgan fingerprint density at radius 2 is 1.52 bits per heavy atom. The van der Waals surface area contributed by atoms with Crippen LogP contribution in [0.5, 0.6) is 11.5 Å². The molecule has 0 aliphatic rings.